The Morgan fingerprint density at radius 3 is 2.11 bits per heavy atom. The van der Waals surface area contributed by atoms with Crippen molar-refractivity contribution in [3.63, 3.8) is 0 Å². The van der Waals surface area contributed by atoms with Gasteiger partial charge in [-0.25, -0.2) is 5.01 Å². The van der Waals surface area contributed by atoms with Gasteiger partial charge in [-0.15, -0.1) is 0 Å². The molecule has 38 heavy (non-hydrogen) atoms. The molecule has 0 aromatic heterocycles. The van der Waals surface area contributed by atoms with Crippen LogP contribution in [0.2, 0.25) is 0 Å². The fourth-order valence-corrected chi connectivity index (χ4v) is 4.11. The molecule has 2 aromatic carbocycles. The number of ether oxygens (including phenoxy) is 1. The van der Waals surface area contributed by atoms with Crippen molar-refractivity contribution < 1.29 is 23.6 Å². The Bertz CT molecular complexity index is 1140. The number of nitrogens with zero attached hydrogens (tertiary/aromatic N) is 1. The van der Waals surface area contributed by atoms with Crippen LogP contribution < -0.4 is 15.6 Å². The smallest absolute Gasteiger partial charge is 0.494 e. The molecule has 8 heteroatoms. The number of hydrazine groups is 1. The van der Waals surface area contributed by atoms with Crippen molar-refractivity contribution in [2.45, 2.75) is 87.4 Å². The Labute approximate surface area is 229 Å². The molecule has 1 heterocycles. The number of carbonyl (C=O) groups is 2. The van der Waals surface area contributed by atoms with E-state index in [0.29, 0.717) is 29.0 Å². The van der Waals surface area contributed by atoms with Gasteiger partial charge in [-0.2, -0.15) is 0 Å². The third-order valence-electron chi connectivity index (χ3n) is 6.73. The summed E-state index contributed by atoms with van der Waals surface area (Å²) in [4.78, 5) is 27.0. The summed E-state index contributed by atoms with van der Waals surface area (Å²) >= 11 is 0. The van der Waals surface area contributed by atoms with Crippen LogP contribution in [-0.4, -0.2) is 48.8 Å². The third kappa shape index (κ3) is 7.17. The van der Waals surface area contributed by atoms with Gasteiger partial charge >= 0.3 is 7.12 Å². The number of benzene rings is 2. The van der Waals surface area contributed by atoms with Gasteiger partial charge in [-0.3, -0.25) is 15.0 Å². The molecule has 0 spiro atoms. The van der Waals surface area contributed by atoms with Crippen molar-refractivity contribution in [2.75, 3.05) is 13.7 Å². The predicted octanol–water partition coefficient (Wildman–Crippen LogP) is 5.47. The molecule has 0 unspecified atom stereocenters. The fourth-order valence-electron chi connectivity index (χ4n) is 4.11. The van der Waals surface area contributed by atoms with Crippen LogP contribution in [0.1, 0.15) is 94.2 Å². The number of carbonyl (C=O) groups excluding carboxylic acids is 2. The molecule has 2 aromatic rings. The quantitative estimate of drug-likeness (QED) is 0.415. The highest BCUT2D eigenvalue weighted by Gasteiger charge is 2.51. The van der Waals surface area contributed by atoms with E-state index in [1.165, 1.54) is 5.01 Å². The van der Waals surface area contributed by atoms with Gasteiger partial charge in [-0.1, -0.05) is 52.3 Å². The van der Waals surface area contributed by atoms with Crippen molar-refractivity contribution in [3.8, 4) is 5.75 Å². The molecule has 208 valence electrons. The molecule has 2 amide bonds. The minimum absolute atomic E-state index is 0.259. The van der Waals surface area contributed by atoms with Crippen LogP contribution in [0.15, 0.2) is 36.4 Å². The summed E-state index contributed by atoms with van der Waals surface area (Å²) in [5.41, 5.74) is 4.87. The second kappa shape index (κ2) is 11.9. The van der Waals surface area contributed by atoms with E-state index in [1.807, 2.05) is 88.3 Å². The van der Waals surface area contributed by atoms with E-state index in [9.17, 15) is 9.59 Å². The minimum Gasteiger partial charge on any atom is -0.496 e. The highest BCUT2D eigenvalue weighted by molar-refractivity contribution is 6.62. The van der Waals surface area contributed by atoms with Crippen molar-refractivity contribution in [1.82, 2.24) is 10.4 Å². The summed E-state index contributed by atoms with van der Waals surface area (Å²) in [5.74, 6) is -0.0646. The van der Waals surface area contributed by atoms with Gasteiger partial charge in [0.25, 0.3) is 11.8 Å². The molecule has 1 fully saturated rings. The summed E-state index contributed by atoms with van der Waals surface area (Å²) in [5, 5.41) is 1.39. The van der Waals surface area contributed by atoms with Crippen LogP contribution in [0.3, 0.4) is 0 Å². The maximum absolute atomic E-state index is 13.8. The number of hydrogen-bond acceptors (Lipinski definition) is 5. The van der Waals surface area contributed by atoms with E-state index in [4.69, 9.17) is 14.0 Å². The second-order valence-corrected chi connectivity index (χ2v) is 11.7. The lowest BCUT2D eigenvalue weighted by molar-refractivity contribution is 0.00578. The van der Waals surface area contributed by atoms with Crippen molar-refractivity contribution in [3.05, 3.63) is 58.7 Å². The monoisotopic (exact) mass is 524 g/mol. The van der Waals surface area contributed by atoms with Gasteiger partial charge in [0, 0.05) is 23.2 Å². The molecule has 0 atom stereocenters. The largest absolute Gasteiger partial charge is 0.496 e. The van der Waals surface area contributed by atoms with Crippen LogP contribution in [-0.2, 0) is 9.31 Å². The first-order chi connectivity index (χ1) is 17.5. The minimum atomic E-state index is -0.591. The highest BCUT2D eigenvalue weighted by atomic mass is 16.7. The molecular weight excluding hydrogens is 479 g/mol. The van der Waals surface area contributed by atoms with Crippen molar-refractivity contribution in [2.24, 2.45) is 5.41 Å². The third-order valence-corrected chi connectivity index (χ3v) is 6.73. The highest BCUT2D eigenvalue weighted by Crippen LogP contribution is 2.36. The topological polar surface area (TPSA) is 77.1 Å². The van der Waals surface area contributed by atoms with Crippen molar-refractivity contribution >= 4 is 24.4 Å². The molecule has 0 saturated carbocycles. The lowest BCUT2D eigenvalue weighted by atomic mass is 9.77. The summed E-state index contributed by atoms with van der Waals surface area (Å²) in [6, 6.07) is 10.8. The molecule has 1 N–H and O–H groups in total. The first-order valence-electron chi connectivity index (χ1n) is 13.3. The van der Waals surface area contributed by atoms with Gasteiger partial charge in [-0.05, 0) is 76.7 Å². The number of hydrogen-bond donors (Lipinski definition) is 1. The zero-order valence-electron chi connectivity index (χ0n) is 25.2. The molecule has 0 bridgehead atoms. The molecular formula is C30H45BN2O5. The van der Waals surface area contributed by atoms with E-state index >= 15 is 0 Å². The SMILES string of the molecule is CC.COc1cccc(C(=O)NN(CC(C)(C)C)C(=O)c2cc(C)cc(B3OC(C)(C)C(C)(C)O3)c2)c1C. The lowest BCUT2D eigenvalue weighted by Gasteiger charge is -2.32. The molecule has 3 rings (SSSR count). The van der Waals surface area contributed by atoms with Crippen LogP contribution >= 0.6 is 0 Å². The summed E-state index contributed by atoms with van der Waals surface area (Å²) < 4.78 is 17.8. The fraction of sp³-hybridized carbons (Fsp3) is 0.533. The van der Waals surface area contributed by atoms with Gasteiger partial charge < -0.3 is 14.0 Å². The number of amides is 2. The van der Waals surface area contributed by atoms with E-state index in [0.717, 1.165) is 11.0 Å². The predicted molar refractivity (Wildman–Crippen MR) is 154 cm³/mol. The Balaban J connectivity index is 0.00000247. The van der Waals surface area contributed by atoms with E-state index in [2.05, 4.69) is 5.43 Å². The zero-order valence-corrected chi connectivity index (χ0v) is 25.2. The van der Waals surface area contributed by atoms with Gasteiger partial charge in [0.15, 0.2) is 0 Å². The second-order valence-electron chi connectivity index (χ2n) is 11.7. The molecule has 1 aliphatic heterocycles. The number of aryl methyl sites for hydroxylation is 1. The van der Waals surface area contributed by atoms with Gasteiger partial charge in [0.2, 0.25) is 0 Å². The normalized spacial score (nSPS) is 15.8. The van der Waals surface area contributed by atoms with Crippen molar-refractivity contribution in [1.29, 1.82) is 0 Å². The Morgan fingerprint density at radius 2 is 1.58 bits per heavy atom. The van der Waals surface area contributed by atoms with Crippen LogP contribution in [0, 0.1) is 19.3 Å². The average Bonchev–Trinajstić information content (AvgIpc) is 3.05. The van der Waals surface area contributed by atoms with Gasteiger partial charge in [0.1, 0.15) is 5.75 Å². The van der Waals surface area contributed by atoms with Gasteiger partial charge in [0.05, 0.1) is 18.3 Å². The zero-order chi connectivity index (χ0) is 29.1. The Hall–Kier alpha value is -2.84. The standard InChI is InChI=1S/C28H39BN2O5.C2H6/c1-18-14-20(16-21(15-18)29-35-27(6,7)28(8,9)36-29)25(33)31(17-26(3,4)5)30-24(32)22-12-11-13-23(34-10)19(22)2;1-2/h11-16H,17H2,1-10H3,(H,30,32);1-2H3. The molecule has 0 radical (unpaired) electrons. The average molecular weight is 525 g/mol. The van der Waals surface area contributed by atoms with E-state index < -0.39 is 18.3 Å². The summed E-state index contributed by atoms with van der Waals surface area (Å²) in [7, 11) is 0.973. The number of methoxy groups -OCH3 is 1. The molecule has 1 aliphatic rings. The molecule has 7 nitrogen and oxygen atoms in total. The summed E-state index contributed by atoms with van der Waals surface area (Å²) in [6.45, 7) is 22.1. The van der Waals surface area contributed by atoms with E-state index in [-0.39, 0.29) is 17.2 Å². The molecule has 0 aliphatic carbocycles. The Morgan fingerprint density at radius 1 is 1.00 bits per heavy atom. The number of nitrogens with one attached hydrogen (secondary N) is 1. The number of rotatable bonds is 5. The lowest BCUT2D eigenvalue weighted by Crippen LogP contribution is -2.50. The molecule has 1 saturated heterocycles. The van der Waals surface area contributed by atoms with Crippen LogP contribution in [0.25, 0.3) is 0 Å². The first-order valence-corrected chi connectivity index (χ1v) is 13.3. The Kier molecular flexibility index (Phi) is 9.84. The van der Waals surface area contributed by atoms with Crippen LogP contribution in [0.5, 0.6) is 5.75 Å². The first kappa shape index (κ1) is 31.4. The van der Waals surface area contributed by atoms with Crippen LogP contribution in [0.4, 0.5) is 0 Å². The maximum atomic E-state index is 13.8. The maximum Gasteiger partial charge on any atom is 0.494 e. The van der Waals surface area contributed by atoms with E-state index in [1.54, 1.807) is 31.4 Å². The summed E-state index contributed by atoms with van der Waals surface area (Å²) in [6.07, 6.45) is 0.